The molecule has 3 heterocycles. The third-order valence-corrected chi connectivity index (χ3v) is 7.57. The van der Waals surface area contributed by atoms with Crippen molar-refractivity contribution in [1.29, 1.82) is 0 Å². The van der Waals surface area contributed by atoms with Gasteiger partial charge in [0.25, 0.3) is 6.47 Å². The Labute approximate surface area is 238 Å². The standard InChI is InChI=1S/C30H33F3N4O.CH2O2/c1-20-16-27(35-29-13-11-25(18-34-29)30(31,32)33)26-17-24(10-12-28(26)37(20)21(2)38)23-8-6-22(7-9-23)19-36-14-4-3-5-15-36;2-1-3/h6-13,17-18,20,27H,3-5,14-16,19H2,1-2H3,(H,34,35);1H,(H,2,3). The van der Waals surface area contributed by atoms with E-state index in [1.807, 2.05) is 19.1 Å². The van der Waals surface area contributed by atoms with Crippen LogP contribution < -0.4 is 10.2 Å². The Bertz CT molecular complexity index is 1320. The Hall–Kier alpha value is -3.92. The first-order valence-corrected chi connectivity index (χ1v) is 13.7. The van der Waals surface area contributed by atoms with E-state index in [-0.39, 0.29) is 24.5 Å². The molecule has 3 aromatic rings. The summed E-state index contributed by atoms with van der Waals surface area (Å²) >= 11 is 0. The van der Waals surface area contributed by atoms with Crippen molar-refractivity contribution in [2.24, 2.45) is 0 Å². The van der Waals surface area contributed by atoms with Crippen LogP contribution in [0.25, 0.3) is 11.1 Å². The smallest absolute Gasteiger partial charge is 0.417 e. The van der Waals surface area contributed by atoms with Gasteiger partial charge in [0.2, 0.25) is 5.91 Å². The van der Waals surface area contributed by atoms with Gasteiger partial charge in [0, 0.05) is 31.4 Å². The second-order valence-electron chi connectivity index (χ2n) is 10.5. The fourth-order valence-corrected chi connectivity index (χ4v) is 5.66. The predicted octanol–water partition coefficient (Wildman–Crippen LogP) is 6.75. The molecular weight excluding hydrogens is 533 g/mol. The first kappa shape index (κ1) is 30.0. The van der Waals surface area contributed by atoms with E-state index in [4.69, 9.17) is 9.90 Å². The van der Waals surface area contributed by atoms with Crippen LogP contribution in [0.15, 0.2) is 60.8 Å². The molecule has 0 radical (unpaired) electrons. The summed E-state index contributed by atoms with van der Waals surface area (Å²) in [5.74, 6) is 0.324. The SMILES string of the molecule is CC(=O)N1c2ccc(-c3ccc(CN4CCCCC4)cc3)cc2C(Nc2ccc(C(F)(F)F)cn2)CC1C.O=CO. The highest BCUT2D eigenvalue weighted by Gasteiger charge is 2.34. The summed E-state index contributed by atoms with van der Waals surface area (Å²) < 4.78 is 39.0. The molecule has 2 aliphatic heterocycles. The van der Waals surface area contributed by atoms with Crippen LogP contribution in [0, 0.1) is 0 Å². The molecule has 1 amide bonds. The van der Waals surface area contributed by atoms with Crippen LogP contribution in [-0.4, -0.2) is 46.5 Å². The molecule has 1 fully saturated rings. The van der Waals surface area contributed by atoms with E-state index in [9.17, 15) is 18.0 Å². The average Bonchev–Trinajstić information content (AvgIpc) is 2.94. The number of likely N-dealkylation sites (tertiary alicyclic amines) is 1. The summed E-state index contributed by atoms with van der Waals surface area (Å²) in [6.07, 6.45) is 0.865. The van der Waals surface area contributed by atoms with E-state index in [1.54, 1.807) is 11.8 Å². The Morgan fingerprint density at radius 2 is 1.71 bits per heavy atom. The number of carbonyl (C=O) groups excluding carboxylic acids is 1. The van der Waals surface area contributed by atoms with Crippen LogP contribution in [0.1, 0.15) is 62.3 Å². The lowest BCUT2D eigenvalue weighted by atomic mass is 9.89. The van der Waals surface area contributed by atoms with E-state index >= 15 is 0 Å². The van der Waals surface area contributed by atoms with Gasteiger partial charge in [-0.2, -0.15) is 13.2 Å². The zero-order valence-electron chi connectivity index (χ0n) is 23.2. The number of rotatable bonds is 5. The number of amides is 1. The zero-order valence-corrected chi connectivity index (χ0v) is 23.2. The second-order valence-corrected chi connectivity index (χ2v) is 10.5. The van der Waals surface area contributed by atoms with E-state index in [0.29, 0.717) is 12.2 Å². The predicted molar refractivity (Wildman–Crippen MR) is 153 cm³/mol. The number of pyridine rings is 1. The maximum Gasteiger partial charge on any atom is 0.417 e. The molecule has 0 spiro atoms. The Morgan fingerprint density at radius 3 is 2.29 bits per heavy atom. The molecule has 2 atom stereocenters. The van der Waals surface area contributed by atoms with Gasteiger partial charge in [-0.25, -0.2) is 4.98 Å². The van der Waals surface area contributed by atoms with E-state index in [2.05, 4.69) is 45.5 Å². The topological polar surface area (TPSA) is 85.8 Å². The first-order chi connectivity index (χ1) is 19.6. The van der Waals surface area contributed by atoms with Crippen molar-refractivity contribution >= 4 is 23.9 Å². The average molecular weight is 569 g/mol. The number of carboxylic acid groups (broad SMARTS) is 1. The Kier molecular flexibility index (Phi) is 9.65. The number of alkyl halides is 3. The monoisotopic (exact) mass is 568 g/mol. The van der Waals surface area contributed by atoms with Crippen molar-refractivity contribution in [2.75, 3.05) is 23.3 Å². The number of halogens is 3. The van der Waals surface area contributed by atoms with Gasteiger partial charge in [-0.05, 0) is 85.8 Å². The zero-order chi connectivity index (χ0) is 29.6. The van der Waals surface area contributed by atoms with Crippen molar-refractivity contribution in [3.05, 3.63) is 77.5 Å². The second kappa shape index (κ2) is 13.2. The van der Waals surface area contributed by atoms with Gasteiger partial charge in [-0.1, -0.05) is 36.8 Å². The lowest BCUT2D eigenvalue weighted by molar-refractivity contribution is -0.137. The number of nitrogens with one attached hydrogen (secondary N) is 1. The van der Waals surface area contributed by atoms with Crippen LogP contribution >= 0.6 is 0 Å². The van der Waals surface area contributed by atoms with E-state index in [0.717, 1.165) is 54.3 Å². The molecule has 218 valence electrons. The fraction of sp³-hybridized carbons (Fsp3) is 0.387. The summed E-state index contributed by atoms with van der Waals surface area (Å²) in [5, 5.41) is 10.2. The normalized spacial score (nSPS) is 19.0. The maximum atomic E-state index is 13.0. The number of hydrogen-bond donors (Lipinski definition) is 2. The van der Waals surface area contributed by atoms with Crippen molar-refractivity contribution in [1.82, 2.24) is 9.88 Å². The highest BCUT2D eigenvalue weighted by Crippen LogP contribution is 2.41. The molecule has 41 heavy (non-hydrogen) atoms. The molecule has 7 nitrogen and oxygen atoms in total. The van der Waals surface area contributed by atoms with Gasteiger partial charge in [-0.15, -0.1) is 0 Å². The molecule has 0 bridgehead atoms. The molecule has 1 aromatic heterocycles. The number of carbonyl (C=O) groups is 2. The molecule has 5 rings (SSSR count). The Balaban J connectivity index is 0.00000124. The molecule has 10 heteroatoms. The van der Waals surface area contributed by atoms with E-state index < -0.39 is 11.7 Å². The third-order valence-electron chi connectivity index (χ3n) is 7.57. The molecule has 2 N–H and O–H groups in total. The van der Waals surface area contributed by atoms with Gasteiger partial charge in [0.05, 0.1) is 11.6 Å². The van der Waals surface area contributed by atoms with Crippen molar-refractivity contribution in [3.63, 3.8) is 0 Å². The quantitative estimate of drug-likeness (QED) is 0.331. The number of benzene rings is 2. The molecule has 2 unspecified atom stereocenters. The lowest BCUT2D eigenvalue weighted by Crippen LogP contribution is -2.43. The summed E-state index contributed by atoms with van der Waals surface area (Å²) in [4.78, 5) is 29.2. The number of piperidine rings is 1. The Morgan fingerprint density at radius 1 is 1.05 bits per heavy atom. The molecule has 1 saturated heterocycles. The van der Waals surface area contributed by atoms with Crippen LogP contribution in [-0.2, 0) is 22.3 Å². The molecular formula is C31H35F3N4O3. The summed E-state index contributed by atoms with van der Waals surface area (Å²) in [5.41, 5.74) is 4.35. The van der Waals surface area contributed by atoms with Gasteiger partial charge >= 0.3 is 6.18 Å². The molecule has 0 aliphatic carbocycles. The number of fused-ring (bicyclic) bond motifs is 1. The number of aromatic nitrogens is 1. The molecule has 2 aliphatic rings. The maximum absolute atomic E-state index is 13.0. The minimum Gasteiger partial charge on any atom is -0.483 e. The number of anilines is 2. The third kappa shape index (κ3) is 7.43. The first-order valence-electron chi connectivity index (χ1n) is 13.7. The largest absolute Gasteiger partial charge is 0.483 e. The van der Waals surface area contributed by atoms with Gasteiger partial charge in [-0.3, -0.25) is 14.5 Å². The van der Waals surface area contributed by atoms with Crippen molar-refractivity contribution < 1.29 is 27.9 Å². The van der Waals surface area contributed by atoms with E-state index in [1.165, 1.54) is 30.9 Å². The minimum atomic E-state index is -4.43. The van der Waals surface area contributed by atoms with Gasteiger partial charge < -0.3 is 15.3 Å². The van der Waals surface area contributed by atoms with Crippen molar-refractivity contribution in [3.8, 4) is 11.1 Å². The minimum absolute atomic E-state index is 0.0420. The van der Waals surface area contributed by atoms with Gasteiger partial charge in [0.15, 0.2) is 0 Å². The highest BCUT2D eigenvalue weighted by atomic mass is 19.4. The summed E-state index contributed by atoms with van der Waals surface area (Å²) in [6.45, 7) is 6.55. The van der Waals surface area contributed by atoms with Gasteiger partial charge in [0.1, 0.15) is 5.82 Å². The highest BCUT2D eigenvalue weighted by molar-refractivity contribution is 5.94. The summed E-state index contributed by atoms with van der Waals surface area (Å²) in [6, 6.07) is 16.8. The lowest BCUT2D eigenvalue weighted by Gasteiger charge is -2.39. The van der Waals surface area contributed by atoms with Crippen LogP contribution in [0.3, 0.4) is 0 Å². The van der Waals surface area contributed by atoms with Crippen LogP contribution in [0.5, 0.6) is 0 Å². The number of hydrogen-bond acceptors (Lipinski definition) is 5. The van der Waals surface area contributed by atoms with Crippen molar-refractivity contribution in [2.45, 2.75) is 64.3 Å². The summed E-state index contributed by atoms with van der Waals surface area (Å²) in [7, 11) is 0. The molecule has 2 aromatic carbocycles. The fourth-order valence-electron chi connectivity index (χ4n) is 5.66. The van der Waals surface area contributed by atoms with Crippen LogP contribution in [0.4, 0.5) is 24.7 Å². The number of nitrogens with zero attached hydrogens (tertiary/aromatic N) is 3. The molecule has 0 saturated carbocycles. The van der Waals surface area contributed by atoms with Crippen LogP contribution in [0.2, 0.25) is 0 Å².